The standard InChI is InChI=1S/C9H9N3O2/c1-11-6-4-2-3-5-7(6)12(10)9(14)8(11)13/h2-5H,10H2,1H3. The summed E-state index contributed by atoms with van der Waals surface area (Å²) >= 11 is 0. The maximum Gasteiger partial charge on any atom is 0.335 e. The molecule has 2 N–H and O–H groups in total. The van der Waals surface area contributed by atoms with Crippen LogP contribution in [0.15, 0.2) is 33.9 Å². The number of para-hydroxylation sites is 2. The van der Waals surface area contributed by atoms with Crippen LogP contribution in [0.5, 0.6) is 0 Å². The molecule has 5 nitrogen and oxygen atoms in total. The summed E-state index contributed by atoms with van der Waals surface area (Å²) in [6.45, 7) is 0. The molecule has 1 aromatic heterocycles. The Labute approximate surface area is 79.0 Å². The molecule has 0 bridgehead atoms. The van der Waals surface area contributed by atoms with Crippen molar-refractivity contribution in [3.63, 3.8) is 0 Å². The summed E-state index contributed by atoms with van der Waals surface area (Å²) in [7, 11) is 1.55. The fraction of sp³-hybridized carbons (Fsp3) is 0.111. The normalized spacial score (nSPS) is 10.6. The van der Waals surface area contributed by atoms with Gasteiger partial charge in [-0.05, 0) is 12.1 Å². The first-order chi connectivity index (χ1) is 6.63. The first-order valence-corrected chi connectivity index (χ1v) is 4.09. The molecule has 14 heavy (non-hydrogen) atoms. The van der Waals surface area contributed by atoms with Gasteiger partial charge in [0, 0.05) is 7.05 Å². The molecule has 5 heteroatoms. The van der Waals surface area contributed by atoms with E-state index >= 15 is 0 Å². The van der Waals surface area contributed by atoms with Crippen LogP contribution in [0.4, 0.5) is 0 Å². The Morgan fingerprint density at radius 3 is 2.29 bits per heavy atom. The Balaban J connectivity index is 3.19. The Hall–Kier alpha value is -2.04. The topological polar surface area (TPSA) is 70.0 Å². The Morgan fingerprint density at radius 1 is 1.07 bits per heavy atom. The number of benzene rings is 1. The minimum atomic E-state index is -0.716. The number of rotatable bonds is 0. The van der Waals surface area contributed by atoms with Gasteiger partial charge >= 0.3 is 11.1 Å². The van der Waals surface area contributed by atoms with E-state index in [0.717, 1.165) is 4.68 Å². The van der Waals surface area contributed by atoms with Crippen molar-refractivity contribution in [1.82, 2.24) is 9.24 Å². The maximum atomic E-state index is 11.4. The summed E-state index contributed by atoms with van der Waals surface area (Å²) in [6.07, 6.45) is 0. The largest absolute Gasteiger partial charge is 0.336 e. The zero-order valence-corrected chi connectivity index (χ0v) is 7.60. The molecule has 0 aliphatic rings. The lowest BCUT2D eigenvalue weighted by Gasteiger charge is -2.06. The zero-order chi connectivity index (χ0) is 10.3. The van der Waals surface area contributed by atoms with Crippen LogP contribution in [-0.4, -0.2) is 9.24 Å². The van der Waals surface area contributed by atoms with Crippen molar-refractivity contribution >= 4 is 11.0 Å². The smallest absolute Gasteiger partial charge is 0.335 e. The highest BCUT2D eigenvalue weighted by Crippen LogP contribution is 2.06. The minimum Gasteiger partial charge on any atom is -0.336 e. The SMILES string of the molecule is Cn1c(=O)c(=O)n(N)c2ccccc21. The number of hydrogen-bond donors (Lipinski definition) is 1. The zero-order valence-electron chi connectivity index (χ0n) is 7.60. The maximum absolute atomic E-state index is 11.4. The molecule has 0 atom stereocenters. The van der Waals surface area contributed by atoms with Gasteiger partial charge in [0.15, 0.2) is 0 Å². The van der Waals surface area contributed by atoms with Crippen molar-refractivity contribution in [3.8, 4) is 0 Å². The van der Waals surface area contributed by atoms with E-state index in [2.05, 4.69) is 0 Å². The van der Waals surface area contributed by atoms with Gasteiger partial charge in [0.05, 0.1) is 11.0 Å². The summed E-state index contributed by atoms with van der Waals surface area (Å²) < 4.78 is 2.17. The average molecular weight is 191 g/mol. The second-order valence-corrected chi connectivity index (χ2v) is 3.03. The number of nitrogens with two attached hydrogens (primary N) is 1. The van der Waals surface area contributed by atoms with Crippen LogP contribution in [0.25, 0.3) is 11.0 Å². The first-order valence-electron chi connectivity index (χ1n) is 4.09. The van der Waals surface area contributed by atoms with Crippen molar-refractivity contribution in [2.75, 3.05) is 5.84 Å². The molecule has 72 valence electrons. The van der Waals surface area contributed by atoms with Crippen LogP contribution in [0.1, 0.15) is 0 Å². The van der Waals surface area contributed by atoms with Gasteiger partial charge in [-0.15, -0.1) is 0 Å². The molecule has 2 aromatic rings. The van der Waals surface area contributed by atoms with Gasteiger partial charge < -0.3 is 10.4 Å². The van der Waals surface area contributed by atoms with Gasteiger partial charge in [0.2, 0.25) is 0 Å². The number of aromatic nitrogens is 2. The highest BCUT2D eigenvalue weighted by molar-refractivity contribution is 5.74. The van der Waals surface area contributed by atoms with Gasteiger partial charge in [-0.25, -0.2) is 4.68 Å². The van der Waals surface area contributed by atoms with Gasteiger partial charge in [-0.1, -0.05) is 12.1 Å². The molecular weight excluding hydrogens is 182 g/mol. The van der Waals surface area contributed by atoms with Gasteiger partial charge in [0.25, 0.3) is 0 Å². The van der Waals surface area contributed by atoms with Crippen LogP contribution in [0, 0.1) is 0 Å². The van der Waals surface area contributed by atoms with Crippen LogP contribution in [-0.2, 0) is 7.05 Å². The van der Waals surface area contributed by atoms with Crippen LogP contribution in [0.3, 0.4) is 0 Å². The molecule has 0 spiro atoms. The third-order valence-corrected chi connectivity index (χ3v) is 2.21. The molecule has 0 radical (unpaired) electrons. The van der Waals surface area contributed by atoms with E-state index in [4.69, 9.17) is 5.84 Å². The summed E-state index contributed by atoms with van der Waals surface area (Å²) in [4.78, 5) is 22.7. The number of fused-ring (bicyclic) bond motifs is 1. The third-order valence-electron chi connectivity index (χ3n) is 2.21. The average Bonchev–Trinajstić information content (AvgIpc) is 2.23. The lowest BCUT2D eigenvalue weighted by molar-refractivity contribution is 0.827. The molecule has 0 unspecified atom stereocenters. The second kappa shape index (κ2) is 2.73. The van der Waals surface area contributed by atoms with E-state index in [1.165, 1.54) is 4.57 Å². The van der Waals surface area contributed by atoms with Crippen LogP contribution in [0.2, 0.25) is 0 Å². The fourth-order valence-electron chi connectivity index (χ4n) is 1.42. The minimum absolute atomic E-state index is 0.541. The molecule has 0 aliphatic carbocycles. The van der Waals surface area contributed by atoms with E-state index in [9.17, 15) is 9.59 Å². The molecule has 0 saturated heterocycles. The number of hydrogen-bond acceptors (Lipinski definition) is 3. The molecular formula is C9H9N3O2. The molecule has 2 rings (SSSR count). The van der Waals surface area contributed by atoms with Crippen molar-refractivity contribution < 1.29 is 0 Å². The lowest BCUT2D eigenvalue weighted by atomic mass is 10.3. The van der Waals surface area contributed by atoms with E-state index in [-0.39, 0.29) is 0 Å². The van der Waals surface area contributed by atoms with Gasteiger partial charge in [0.1, 0.15) is 0 Å². The van der Waals surface area contributed by atoms with Crippen LogP contribution >= 0.6 is 0 Å². The van der Waals surface area contributed by atoms with Crippen molar-refractivity contribution in [1.29, 1.82) is 0 Å². The highest BCUT2D eigenvalue weighted by atomic mass is 16.2. The number of nitrogens with zero attached hydrogens (tertiary/aromatic N) is 2. The predicted octanol–water partition coefficient (Wildman–Crippen LogP) is -0.586. The van der Waals surface area contributed by atoms with Gasteiger partial charge in [-0.2, -0.15) is 0 Å². The Morgan fingerprint density at radius 2 is 1.64 bits per heavy atom. The Kier molecular flexibility index (Phi) is 1.67. The van der Waals surface area contributed by atoms with Crippen LogP contribution < -0.4 is 17.0 Å². The monoisotopic (exact) mass is 191 g/mol. The third kappa shape index (κ3) is 0.953. The predicted molar refractivity (Wildman–Crippen MR) is 53.6 cm³/mol. The second-order valence-electron chi connectivity index (χ2n) is 3.03. The summed E-state index contributed by atoms with van der Waals surface area (Å²) in [5, 5.41) is 0. The summed E-state index contributed by atoms with van der Waals surface area (Å²) in [5.41, 5.74) is -0.156. The molecule has 1 aromatic carbocycles. The molecule has 0 fully saturated rings. The van der Waals surface area contributed by atoms with E-state index < -0.39 is 11.1 Å². The fourth-order valence-corrected chi connectivity index (χ4v) is 1.42. The van der Waals surface area contributed by atoms with Gasteiger partial charge in [-0.3, -0.25) is 9.59 Å². The number of aryl methyl sites for hydroxylation is 1. The summed E-state index contributed by atoms with van der Waals surface area (Å²) in [5.74, 6) is 5.48. The lowest BCUT2D eigenvalue weighted by Crippen LogP contribution is -2.43. The van der Waals surface area contributed by atoms with E-state index in [1.54, 1.807) is 31.3 Å². The van der Waals surface area contributed by atoms with E-state index in [1.807, 2.05) is 0 Å². The molecule has 0 aliphatic heterocycles. The van der Waals surface area contributed by atoms with E-state index in [0.29, 0.717) is 11.0 Å². The quantitative estimate of drug-likeness (QED) is 0.447. The van der Waals surface area contributed by atoms with Crippen molar-refractivity contribution in [2.24, 2.45) is 7.05 Å². The number of nitrogen functional groups attached to an aromatic ring is 1. The van der Waals surface area contributed by atoms with Crippen molar-refractivity contribution in [3.05, 3.63) is 45.0 Å². The summed E-state index contributed by atoms with van der Waals surface area (Å²) in [6, 6.07) is 6.97. The molecule has 0 saturated carbocycles. The molecule has 0 amide bonds. The first kappa shape index (κ1) is 8.55. The Bertz CT molecular complexity index is 555. The highest BCUT2D eigenvalue weighted by Gasteiger charge is 2.06. The van der Waals surface area contributed by atoms with Crippen molar-refractivity contribution in [2.45, 2.75) is 0 Å². The molecule has 1 heterocycles.